The summed E-state index contributed by atoms with van der Waals surface area (Å²) in [6.45, 7) is 10.9. The highest BCUT2D eigenvalue weighted by Crippen LogP contribution is 2.07. The van der Waals surface area contributed by atoms with Gasteiger partial charge in [0.15, 0.2) is 0 Å². The summed E-state index contributed by atoms with van der Waals surface area (Å²) in [4.78, 5) is 23.1. The number of rotatable bonds is 4. The van der Waals surface area contributed by atoms with E-state index in [1.165, 1.54) is 0 Å². The fourth-order valence-corrected chi connectivity index (χ4v) is 1.38. The predicted molar refractivity (Wildman–Crippen MR) is 81.2 cm³/mol. The van der Waals surface area contributed by atoms with E-state index in [2.05, 4.69) is 23.3 Å². The molecule has 6 nitrogen and oxygen atoms in total. The van der Waals surface area contributed by atoms with Crippen molar-refractivity contribution in [1.29, 1.82) is 0 Å². The molecule has 20 heavy (non-hydrogen) atoms. The standard InChI is InChI=1S/C13H26N2O4S/c1-12(2,3)18-10(16)14-7-9(8-20)15-11(17)19-13(4,5)6/h9,20H,7-8H2,1-6H3,(H,14,16)(H,15,17)/t9-/m1/s1. The zero-order chi connectivity index (χ0) is 16.0. The van der Waals surface area contributed by atoms with Crippen molar-refractivity contribution in [3.8, 4) is 0 Å². The molecular weight excluding hydrogens is 280 g/mol. The monoisotopic (exact) mass is 306 g/mol. The number of ether oxygens (including phenoxy) is 2. The highest BCUT2D eigenvalue weighted by molar-refractivity contribution is 7.80. The van der Waals surface area contributed by atoms with Gasteiger partial charge in [0.2, 0.25) is 0 Å². The van der Waals surface area contributed by atoms with Gasteiger partial charge >= 0.3 is 12.2 Å². The van der Waals surface area contributed by atoms with Crippen LogP contribution in [-0.2, 0) is 9.47 Å². The highest BCUT2D eigenvalue weighted by Gasteiger charge is 2.20. The Bertz CT molecular complexity index is 334. The molecule has 0 bridgehead atoms. The van der Waals surface area contributed by atoms with E-state index in [9.17, 15) is 9.59 Å². The number of carbonyl (C=O) groups excluding carboxylic acids is 2. The fraction of sp³-hybridized carbons (Fsp3) is 0.846. The molecule has 0 spiro atoms. The van der Waals surface area contributed by atoms with Crippen LogP contribution in [-0.4, -0.2) is 41.7 Å². The largest absolute Gasteiger partial charge is 0.444 e. The number of amides is 2. The zero-order valence-electron chi connectivity index (χ0n) is 13.1. The summed E-state index contributed by atoms with van der Waals surface area (Å²) in [5.74, 6) is 0.370. The van der Waals surface area contributed by atoms with Gasteiger partial charge in [0, 0.05) is 12.3 Å². The van der Waals surface area contributed by atoms with Crippen LogP contribution in [0, 0.1) is 0 Å². The van der Waals surface area contributed by atoms with Crippen molar-refractivity contribution in [2.75, 3.05) is 12.3 Å². The third-order valence-corrected chi connectivity index (χ3v) is 2.27. The van der Waals surface area contributed by atoms with E-state index in [1.807, 2.05) is 0 Å². The highest BCUT2D eigenvalue weighted by atomic mass is 32.1. The molecule has 1 atom stereocenters. The molecule has 0 saturated carbocycles. The van der Waals surface area contributed by atoms with Crippen LogP contribution in [0.25, 0.3) is 0 Å². The Morgan fingerprint density at radius 2 is 1.45 bits per heavy atom. The maximum absolute atomic E-state index is 11.6. The van der Waals surface area contributed by atoms with Crippen LogP contribution in [0.2, 0.25) is 0 Å². The first kappa shape index (κ1) is 18.9. The summed E-state index contributed by atoms with van der Waals surface area (Å²) in [6, 6.07) is -0.333. The average molecular weight is 306 g/mol. The van der Waals surface area contributed by atoms with Crippen molar-refractivity contribution in [1.82, 2.24) is 10.6 Å². The van der Waals surface area contributed by atoms with Gasteiger partial charge in [-0.1, -0.05) is 0 Å². The summed E-state index contributed by atoms with van der Waals surface area (Å²) in [5, 5.41) is 5.21. The molecule has 0 aromatic heterocycles. The van der Waals surface area contributed by atoms with Crippen molar-refractivity contribution in [3.05, 3.63) is 0 Å². The minimum atomic E-state index is -0.566. The van der Waals surface area contributed by atoms with Crippen molar-refractivity contribution in [2.45, 2.75) is 58.8 Å². The molecule has 0 heterocycles. The normalized spacial score (nSPS) is 13.3. The van der Waals surface area contributed by atoms with Crippen LogP contribution in [0.15, 0.2) is 0 Å². The molecule has 0 saturated heterocycles. The Morgan fingerprint density at radius 3 is 1.85 bits per heavy atom. The second kappa shape index (κ2) is 7.61. The van der Waals surface area contributed by atoms with E-state index in [-0.39, 0.29) is 12.6 Å². The third kappa shape index (κ3) is 10.8. The van der Waals surface area contributed by atoms with Crippen LogP contribution in [0.4, 0.5) is 9.59 Å². The van der Waals surface area contributed by atoms with E-state index in [0.717, 1.165) is 0 Å². The Balaban J connectivity index is 4.17. The van der Waals surface area contributed by atoms with Crippen molar-refractivity contribution < 1.29 is 19.1 Å². The number of hydrogen-bond donors (Lipinski definition) is 3. The smallest absolute Gasteiger partial charge is 0.407 e. The average Bonchev–Trinajstić information content (AvgIpc) is 2.18. The molecule has 0 radical (unpaired) electrons. The van der Waals surface area contributed by atoms with E-state index in [1.54, 1.807) is 41.5 Å². The van der Waals surface area contributed by atoms with E-state index >= 15 is 0 Å². The molecule has 7 heteroatoms. The minimum absolute atomic E-state index is 0.220. The molecule has 0 fully saturated rings. The van der Waals surface area contributed by atoms with E-state index < -0.39 is 23.4 Å². The van der Waals surface area contributed by atoms with Gasteiger partial charge in [-0.3, -0.25) is 0 Å². The molecule has 0 unspecified atom stereocenters. The quantitative estimate of drug-likeness (QED) is 0.697. The molecule has 0 aromatic carbocycles. The molecule has 0 aliphatic rings. The van der Waals surface area contributed by atoms with Gasteiger partial charge in [-0.2, -0.15) is 12.6 Å². The maximum atomic E-state index is 11.6. The topological polar surface area (TPSA) is 76.7 Å². The lowest BCUT2D eigenvalue weighted by Crippen LogP contribution is -2.47. The first-order chi connectivity index (χ1) is 8.93. The third-order valence-electron chi connectivity index (χ3n) is 1.83. The lowest BCUT2D eigenvalue weighted by molar-refractivity contribution is 0.0469. The van der Waals surface area contributed by atoms with Crippen LogP contribution >= 0.6 is 12.6 Å². The summed E-state index contributed by atoms with van der Waals surface area (Å²) >= 11 is 4.13. The Labute approximate surface area is 126 Å². The van der Waals surface area contributed by atoms with Gasteiger partial charge in [-0.05, 0) is 41.5 Å². The van der Waals surface area contributed by atoms with Gasteiger partial charge in [-0.25, -0.2) is 9.59 Å². The Hall–Kier alpha value is -1.11. The number of carbonyl (C=O) groups is 2. The molecule has 2 N–H and O–H groups in total. The number of hydrogen-bond acceptors (Lipinski definition) is 5. The SMILES string of the molecule is CC(C)(C)OC(=O)NC[C@H](CS)NC(=O)OC(C)(C)C. The van der Waals surface area contributed by atoms with Crippen molar-refractivity contribution >= 4 is 24.8 Å². The van der Waals surface area contributed by atoms with Gasteiger partial charge < -0.3 is 20.1 Å². The Kier molecular flexibility index (Phi) is 7.19. The molecular formula is C13H26N2O4S. The lowest BCUT2D eigenvalue weighted by Gasteiger charge is -2.24. The maximum Gasteiger partial charge on any atom is 0.407 e. The summed E-state index contributed by atoms with van der Waals surface area (Å²) < 4.78 is 10.2. The van der Waals surface area contributed by atoms with E-state index in [4.69, 9.17) is 9.47 Å². The molecule has 0 aromatic rings. The first-order valence-corrected chi connectivity index (χ1v) is 7.13. The first-order valence-electron chi connectivity index (χ1n) is 6.50. The molecule has 0 aliphatic heterocycles. The van der Waals surface area contributed by atoms with Crippen LogP contribution in [0.5, 0.6) is 0 Å². The zero-order valence-corrected chi connectivity index (χ0v) is 14.0. The predicted octanol–water partition coefficient (Wildman–Crippen LogP) is 2.33. The van der Waals surface area contributed by atoms with Crippen molar-refractivity contribution in [3.63, 3.8) is 0 Å². The van der Waals surface area contributed by atoms with Crippen LogP contribution in [0.1, 0.15) is 41.5 Å². The van der Waals surface area contributed by atoms with Gasteiger partial charge in [0.25, 0.3) is 0 Å². The number of alkyl carbamates (subject to hydrolysis) is 2. The number of thiol groups is 1. The molecule has 118 valence electrons. The minimum Gasteiger partial charge on any atom is -0.444 e. The second-order valence-electron chi connectivity index (χ2n) is 6.41. The summed E-state index contributed by atoms with van der Waals surface area (Å²) in [6.07, 6.45) is -1.07. The van der Waals surface area contributed by atoms with Gasteiger partial charge in [-0.15, -0.1) is 0 Å². The number of nitrogens with one attached hydrogen (secondary N) is 2. The Morgan fingerprint density at radius 1 is 1.00 bits per heavy atom. The summed E-state index contributed by atoms with van der Waals surface area (Å²) in [7, 11) is 0. The fourth-order valence-electron chi connectivity index (χ4n) is 1.16. The van der Waals surface area contributed by atoms with E-state index in [0.29, 0.717) is 5.75 Å². The van der Waals surface area contributed by atoms with Gasteiger partial charge in [0.1, 0.15) is 11.2 Å². The van der Waals surface area contributed by atoms with Gasteiger partial charge in [0.05, 0.1) is 6.04 Å². The van der Waals surface area contributed by atoms with Crippen LogP contribution < -0.4 is 10.6 Å². The molecule has 0 rings (SSSR count). The van der Waals surface area contributed by atoms with Crippen LogP contribution in [0.3, 0.4) is 0 Å². The molecule has 0 aliphatic carbocycles. The molecule has 2 amide bonds. The lowest BCUT2D eigenvalue weighted by atomic mass is 10.2. The van der Waals surface area contributed by atoms with Crippen molar-refractivity contribution in [2.24, 2.45) is 0 Å². The second-order valence-corrected chi connectivity index (χ2v) is 6.77. The summed E-state index contributed by atoms with van der Waals surface area (Å²) in [5.41, 5.74) is -1.12.